The third kappa shape index (κ3) is 4.56. The van der Waals surface area contributed by atoms with E-state index in [9.17, 15) is 9.59 Å². The second-order valence-electron chi connectivity index (χ2n) is 9.94. The second kappa shape index (κ2) is 10.6. The predicted octanol–water partition coefficient (Wildman–Crippen LogP) is 5.49. The molecule has 0 amide bonds. The number of aromatic amines is 1. The molecule has 1 aliphatic heterocycles. The smallest absolute Gasteiger partial charge is 0.338 e. The maximum Gasteiger partial charge on any atom is 0.338 e. The minimum absolute atomic E-state index is 0.159. The van der Waals surface area contributed by atoms with Crippen molar-refractivity contribution < 1.29 is 9.53 Å². The molecule has 5 rings (SSSR count). The Hall–Kier alpha value is -3.71. The summed E-state index contributed by atoms with van der Waals surface area (Å²) in [5, 5.41) is 1.07. The zero-order valence-corrected chi connectivity index (χ0v) is 23.3. The number of benzene rings is 2. The van der Waals surface area contributed by atoms with Gasteiger partial charge in [-0.25, -0.2) is 9.79 Å². The van der Waals surface area contributed by atoms with E-state index in [-0.39, 0.29) is 12.2 Å². The van der Waals surface area contributed by atoms with E-state index in [4.69, 9.17) is 9.73 Å². The summed E-state index contributed by atoms with van der Waals surface area (Å²) < 4.78 is 7.76. The number of hydrogen-bond acceptors (Lipinski definition) is 5. The van der Waals surface area contributed by atoms with Crippen LogP contribution in [0.2, 0.25) is 0 Å². The molecule has 0 radical (unpaired) electrons. The van der Waals surface area contributed by atoms with Gasteiger partial charge in [-0.3, -0.25) is 9.36 Å². The molecule has 0 fully saturated rings. The lowest BCUT2D eigenvalue weighted by molar-refractivity contribution is -0.139. The van der Waals surface area contributed by atoms with Gasteiger partial charge in [0.2, 0.25) is 0 Å². The maximum atomic E-state index is 14.0. The number of para-hydroxylation sites is 1. The Balaban J connectivity index is 1.77. The number of thiazole rings is 1. The number of allylic oxidation sites excluding steroid dienone is 1. The Labute approximate surface area is 226 Å². The van der Waals surface area contributed by atoms with Gasteiger partial charge in [-0.05, 0) is 49.5 Å². The van der Waals surface area contributed by atoms with Crippen molar-refractivity contribution in [3.8, 4) is 0 Å². The molecule has 0 saturated carbocycles. The van der Waals surface area contributed by atoms with Gasteiger partial charge >= 0.3 is 5.97 Å². The molecule has 2 aromatic heterocycles. The summed E-state index contributed by atoms with van der Waals surface area (Å²) in [6.07, 6.45) is 3.40. The molecule has 0 spiro atoms. The number of carbonyl (C=O) groups is 1. The van der Waals surface area contributed by atoms with Crippen LogP contribution in [0.3, 0.4) is 0 Å². The quantitative estimate of drug-likeness (QED) is 0.323. The number of fused-ring (bicyclic) bond motifs is 2. The zero-order chi connectivity index (χ0) is 27.0. The van der Waals surface area contributed by atoms with Crippen molar-refractivity contribution in [3.05, 3.63) is 102 Å². The highest BCUT2D eigenvalue weighted by Crippen LogP contribution is 2.33. The van der Waals surface area contributed by atoms with E-state index < -0.39 is 12.0 Å². The summed E-state index contributed by atoms with van der Waals surface area (Å²) in [5.41, 5.74) is 6.08. The largest absolute Gasteiger partial charge is 0.463 e. The molecule has 0 bridgehead atoms. The van der Waals surface area contributed by atoms with Gasteiger partial charge in [0.15, 0.2) is 4.80 Å². The molecule has 6 nitrogen and oxygen atoms in total. The van der Waals surface area contributed by atoms with E-state index in [0.717, 1.165) is 34.1 Å². The monoisotopic (exact) mass is 527 g/mol. The molecular weight excluding hydrogens is 494 g/mol. The lowest BCUT2D eigenvalue weighted by Crippen LogP contribution is -2.40. The lowest BCUT2D eigenvalue weighted by atomic mass is 9.92. The molecule has 4 aromatic rings. The second-order valence-corrected chi connectivity index (χ2v) is 11.0. The van der Waals surface area contributed by atoms with Gasteiger partial charge in [0.1, 0.15) is 0 Å². The molecular formula is C31H33N3O3S. The molecule has 196 valence electrons. The van der Waals surface area contributed by atoms with E-state index in [1.54, 1.807) is 11.5 Å². The summed E-state index contributed by atoms with van der Waals surface area (Å²) >= 11 is 1.37. The molecule has 1 aliphatic rings. The predicted molar refractivity (Wildman–Crippen MR) is 153 cm³/mol. The Kier molecular flexibility index (Phi) is 7.21. The van der Waals surface area contributed by atoms with Crippen molar-refractivity contribution in [2.75, 3.05) is 6.61 Å². The first-order valence-corrected chi connectivity index (χ1v) is 14.0. The van der Waals surface area contributed by atoms with Crippen LogP contribution in [-0.4, -0.2) is 22.1 Å². The van der Waals surface area contributed by atoms with Crippen LogP contribution in [0.4, 0.5) is 0 Å². The lowest BCUT2D eigenvalue weighted by Gasteiger charge is -2.26. The first kappa shape index (κ1) is 25.9. The van der Waals surface area contributed by atoms with E-state index in [0.29, 0.717) is 32.9 Å². The number of hydrogen-bond donors (Lipinski definition) is 1. The average Bonchev–Trinajstić information content (AvgIpc) is 3.39. The third-order valence-electron chi connectivity index (χ3n) is 7.03. The van der Waals surface area contributed by atoms with Crippen LogP contribution in [0.1, 0.15) is 74.9 Å². The van der Waals surface area contributed by atoms with Gasteiger partial charge in [0, 0.05) is 22.2 Å². The van der Waals surface area contributed by atoms with E-state index >= 15 is 0 Å². The van der Waals surface area contributed by atoms with E-state index in [1.165, 1.54) is 16.9 Å². The average molecular weight is 528 g/mol. The number of carbonyl (C=O) groups excluding carboxylic acids is 1. The molecule has 38 heavy (non-hydrogen) atoms. The van der Waals surface area contributed by atoms with Gasteiger partial charge < -0.3 is 9.72 Å². The molecule has 1 atom stereocenters. The minimum atomic E-state index is -0.598. The summed E-state index contributed by atoms with van der Waals surface area (Å²) in [6.45, 7) is 10.4. The number of nitrogens with zero attached hydrogens (tertiary/aromatic N) is 2. The van der Waals surface area contributed by atoms with Crippen molar-refractivity contribution in [1.29, 1.82) is 0 Å². The molecule has 2 aromatic carbocycles. The van der Waals surface area contributed by atoms with Gasteiger partial charge in [-0.2, -0.15) is 0 Å². The van der Waals surface area contributed by atoms with Gasteiger partial charge in [0.25, 0.3) is 5.56 Å². The topological polar surface area (TPSA) is 76.5 Å². The standard InChI is InChI=1S/C31H33N3O3S/c1-6-10-25-27(30(36)37-7-2)28(21-15-13-20(14-16-21)18(3)4)34-29(35)26(38-31(34)33-25)17-23-19(5)32-24-12-9-8-11-22(23)24/h8-9,11-18,28,32H,6-7,10H2,1-5H3/b26-17-/t28-/m0/s1. The van der Waals surface area contributed by atoms with Gasteiger partial charge in [-0.1, -0.05) is 81.0 Å². The highest BCUT2D eigenvalue weighted by molar-refractivity contribution is 7.07. The summed E-state index contributed by atoms with van der Waals surface area (Å²) in [6, 6.07) is 15.7. The zero-order valence-electron chi connectivity index (χ0n) is 22.5. The van der Waals surface area contributed by atoms with Crippen LogP contribution in [-0.2, 0) is 9.53 Å². The van der Waals surface area contributed by atoms with Crippen molar-refractivity contribution >= 4 is 34.3 Å². The SMILES string of the molecule is CCCC1=C(C(=O)OCC)[C@H](c2ccc(C(C)C)cc2)n2c(s/c(=C\c3c(C)[nH]c4ccccc34)c2=O)=N1. The highest BCUT2D eigenvalue weighted by atomic mass is 32.1. The number of H-pyrrole nitrogens is 1. The van der Waals surface area contributed by atoms with Crippen LogP contribution in [0.15, 0.2) is 69.6 Å². The first-order valence-electron chi connectivity index (χ1n) is 13.2. The maximum absolute atomic E-state index is 14.0. The van der Waals surface area contributed by atoms with E-state index in [1.807, 2.05) is 43.3 Å². The Morgan fingerprint density at radius 1 is 1.16 bits per heavy atom. The minimum Gasteiger partial charge on any atom is -0.463 e. The van der Waals surface area contributed by atoms with E-state index in [2.05, 4.69) is 44.0 Å². The van der Waals surface area contributed by atoms with Crippen LogP contribution >= 0.6 is 11.3 Å². The van der Waals surface area contributed by atoms with Crippen LogP contribution in [0, 0.1) is 6.92 Å². The highest BCUT2D eigenvalue weighted by Gasteiger charge is 2.34. The molecule has 3 heterocycles. The first-order chi connectivity index (χ1) is 18.3. The van der Waals surface area contributed by atoms with Crippen LogP contribution in [0.25, 0.3) is 17.0 Å². The van der Waals surface area contributed by atoms with Gasteiger partial charge in [0.05, 0.1) is 28.5 Å². The van der Waals surface area contributed by atoms with Crippen LogP contribution < -0.4 is 14.9 Å². The Morgan fingerprint density at radius 2 is 1.89 bits per heavy atom. The molecule has 0 saturated heterocycles. The number of aryl methyl sites for hydroxylation is 1. The van der Waals surface area contributed by atoms with Crippen molar-refractivity contribution in [1.82, 2.24) is 9.55 Å². The van der Waals surface area contributed by atoms with Crippen molar-refractivity contribution in [2.24, 2.45) is 4.99 Å². The normalized spacial score (nSPS) is 15.7. The molecule has 0 aliphatic carbocycles. The number of rotatable bonds is 7. The fourth-order valence-corrected chi connectivity index (χ4v) is 6.12. The van der Waals surface area contributed by atoms with Gasteiger partial charge in [-0.15, -0.1) is 0 Å². The van der Waals surface area contributed by atoms with Crippen molar-refractivity contribution in [3.63, 3.8) is 0 Å². The fourth-order valence-electron chi connectivity index (χ4n) is 5.11. The number of nitrogens with one attached hydrogen (secondary N) is 1. The third-order valence-corrected chi connectivity index (χ3v) is 8.01. The molecule has 1 N–H and O–H groups in total. The Morgan fingerprint density at radius 3 is 2.58 bits per heavy atom. The number of esters is 1. The van der Waals surface area contributed by atoms with Crippen molar-refractivity contribution in [2.45, 2.75) is 59.4 Å². The molecule has 7 heteroatoms. The summed E-state index contributed by atoms with van der Waals surface area (Å²) in [7, 11) is 0. The summed E-state index contributed by atoms with van der Waals surface area (Å²) in [5.74, 6) is -0.0411. The molecule has 0 unspecified atom stereocenters. The fraction of sp³-hybridized carbons (Fsp3) is 0.323. The number of ether oxygens (including phenoxy) is 1. The summed E-state index contributed by atoms with van der Waals surface area (Å²) in [4.78, 5) is 36.3. The Bertz CT molecular complexity index is 1720. The number of aromatic nitrogens is 2. The van der Waals surface area contributed by atoms with Crippen LogP contribution in [0.5, 0.6) is 0 Å².